The van der Waals surface area contributed by atoms with Gasteiger partial charge in [0.15, 0.2) is 0 Å². The van der Waals surface area contributed by atoms with Gasteiger partial charge in [0.05, 0.1) is 11.5 Å². The summed E-state index contributed by atoms with van der Waals surface area (Å²) in [4.78, 5) is 0. The van der Waals surface area contributed by atoms with E-state index in [1.807, 2.05) is 0 Å². The lowest BCUT2D eigenvalue weighted by molar-refractivity contribution is -0.00474. The van der Waals surface area contributed by atoms with Gasteiger partial charge in [0.1, 0.15) is 15.9 Å². The highest BCUT2D eigenvalue weighted by Gasteiger charge is 2.24. The monoisotopic (exact) mass is 243 g/mol. The molecule has 1 atom stereocenters. The van der Waals surface area contributed by atoms with Crippen LogP contribution in [0.1, 0.15) is 12.8 Å². The molecule has 1 saturated heterocycles. The first-order chi connectivity index (χ1) is 6.91. The number of hydrogen-bond acceptors (Lipinski definition) is 4. The molecule has 0 saturated carbocycles. The number of nitrogens with one attached hydrogen (secondary N) is 1. The van der Waals surface area contributed by atoms with Gasteiger partial charge in [0.2, 0.25) is 0 Å². The summed E-state index contributed by atoms with van der Waals surface area (Å²) in [6.45, 7) is -0.192. The second-order valence-corrected chi connectivity index (χ2v) is 6.04. The Morgan fingerprint density at radius 1 is 1.33 bits per heavy atom. The average molecular weight is 243 g/mol. The van der Waals surface area contributed by atoms with Crippen LogP contribution in [-0.4, -0.2) is 50.1 Å². The van der Waals surface area contributed by atoms with Crippen molar-refractivity contribution in [1.29, 1.82) is 0 Å². The van der Waals surface area contributed by atoms with Crippen LogP contribution < -0.4 is 5.32 Å². The van der Waals surface area contributed by atoms with E-state index in [1.165, 1.54) is 0 Å². The summed E-state index contributed by atoms with van der Waals surface area (Å²) in [5, 5.41) is 11.6. The Morgan fingerprint density at radius 2 is 1.87 bits per heavy atom. The molecule has 0 aromatic rings. The van der Waals surface area contributed by atoms with Crippen molar-refractivity contribution in [1.82, 2.24) is 5.32 Å². The van der Waals surface area contributed by atoms with Crippen LogP contribution >= 0.6 is 0 Å². The van der Waals surface area contributed by atoms with Crippen LogP contribution in [-0.2, 0) is 9.84 Å². The molecular weight excluding hydrogens is 228 g/mol. The SMILES string of the molecule is O=S1(=O)CCC(NCC(O)C(F)F)CC1. The molecule has 4 nitrogen and oxygen atoms in total. The first-order valence-corrected chi connectivity index (χ1v) is 6.63. The Labute approximate surface area is 87.6 Å². The van der Waals surface area contributed by atoms with Gasteiger partial charge in [-0.3, -0.25) is 0 Å². The lowest BCUT2D eigenvalue weighted by atomic mass is 10.1. The first-order valence-electron chi connectivity index (χ1n) is 4.81. The van der Waals surface area contributed by atoms with Gasteiger partial charge in [0.25, 0.3) is 6.43 Å². The third-order valence-corrected chi connectivity index (χ3v) is 4.18. The van der Waals surface area contributed by atoms with Gasteiger partial charge in [0, 0.05) is 12.6 Å². The quantitative estimate of drug-likeness (QED) is 0.716. The molecule has 1 aliphatic heterocycles. The van der Waals surface area contributed by atoms with E-state index in [0.717, 1.165) is 0 Å². The Hall–Kier alpha value is -0.270. The van der Waals surface area contributed by atoms with E-state index >= 15 is 0 Å². The van der Waals surface area contributed by atoms with Crippen LogP contribution in [0.2, 0.25) is 0 Å². The van der Waals surface area contributed by atoms with Crippen molar-refractivity contribution in [3.05, 3.63) is 0 Å². The molecule has 0 aliphatic carbocycles. The van der Waals surface area contributed by atoms with Crippen LogP contribution in [0.4, 0.5) is 8.78 Å². The molecule has 1 aliphatic rings. The van der Waals surface area contributed by atoms with Crippen molar-refractivity contribution >= 4 is 9.84 Å². The number of halogens is 2. The smallest absolute Gasteiger partial charge is 0.265 e. The van der Waals surface area contributed by atoms with Crippen LogP contribution in [0.15, 0.2) is 0 Å². The fourth-order valence-electron chi connectivity index (χ4n) is 1.47. The van der Waals surface area contributed by atoms with E-state index < -0.39 is 22.4 Å². The van der Waals surface area contributed by atoms with E-state index in [4.69, 9.17) is 5.11 Å². The van der Waals surface area contributed by atoms with Gasteiger partial charge in [-0.1, -0.05) is 0 Å². The highest BCUT2D eigenvalue weighted by Crippen LogP contribution is 2.12. The Bertz CT molecular complexity index is 280. The molecule has 1 fully saturated rings. The Balaban J connectivity index is 2.25. The molecule has 2 N–H and O–H groups in total. The maximum Gasteiger partial charge on any atom is 0.265 e. The molecule has 90 valence electrons. The lowest BCUT2D eigenvalue weighted by Crippen LogP contribution is -2.42. The van der Waals surface area contributed by atoms with Crippen molar-refractivity contribution in [2.24, 2.45) is 0 Å². The van der Waals surface area contributed by atoms with Crippen molar-refractivity contribution in [3.8, 4) is 0 Å². The molecule has 0 aromatic heterocycles. The standard InChI is InChI=1S/C8H15F2NO3S/c9-8(10)7(12)5-11-6-1-3-15(13,14)4-2-6/h6-8,11-12H,1-5H2. The lowest BCUT2D eigenvalue weighted by Gasteiger charge is -2.24. The molecule has 0 spiro atoms. The van der Waals surface area contributed by atoms with Crippen LogP contribution in [0.25, 0.3) is 0 Å². The number of alkyl halides is 2. The topological polar surface area (TPSA) is 66.4 Å². The van der Waals surface area contributed by atoms with Gasteiger partial charge in [-0.05, 0) is 12.8 Å². The molecule has 7 heteroatoms. The van der Waals surface area contributed by atoms with Crippen molar-refractivity contribution in [2.45, 2.75) is 31.4 Å². The Morgan fingerprint density at radius 3 is 2.33 bits per heavy atom. The number of sulfone groups is 1. The van der Waals surface area contributed by atoms with Crippen molar-refractivity contribution in [2.75, 3.05) is 18.1 Å². The highest BCUT2D eigenvalue weighted by atomic mass is 32.2. The summed E-state index contributed by atoms with van der Waals surface area (Å²) >= 11 is 0. The molecule has 1 unspecified atom stereocenters. The average Bonchev–Trinajstić information content (AvgIpc) is 2.15. The molecule has 0 radical (unpaired) electrons. The highest BCUT2D eigenvalue weighted by molar-refractivity contribution is 7.91. The summed E-state index contributed by atoms with van der Waals surface area (Å²) in [6, 6.07) is -0.0816. The second-order valence-electron chi connectivity index (χ2n) is 3.74. The maximum absolute atomic E-state index is 11.9. The molecule has 15 heavy (non-hydrogen) atoms. The number of rotatable bonds is 4. The van der Waals surface area contributed by atoms with Crippen LogP contribution in [0.3, 0.4) is 0 Å². The third-order valence-electron chi connectivity index (χ3n) is 2.46. The third kappa shape index (κ3) is 4.40. The van der Waals surface area contributed by atoms with E-state index in [0.29, 0.717) is 12.8 Å². The van der Waals surface area contributed by atoms with Crippen molar-refractivity contribution in [3.63, 3.8) is 0 Å². The molecule has 0 amide bonds. The number of aliphatic hydroxyl groups excluding tert-OH is 1. The molecule has 1 heterocycles. The number of hydrogen-bond donors (Lipinski definition) is 2. The zero-order valence-electron chi connectivity index (χ0n) is 8.20. The van der Waals surface area contributed by atoms with Gasteiger partial charge >= 0.3 is 0 Å². The minimum Gasteiger partial charge on any atom is -0.386 e. The zero-order valence-corrected chi connectivity index (χ0v) is 9.01. The molecule has 1 rings (SSSR count). The van der Waals surface area contributed by atoms with Crippen LogP contribution in [0.5, 0.6) is 0 Å². The summed E-state index contributed by atoms with van der Waals surface area (Å²) in [5.41, 5.74) is 0. The summed E-state index contributed by atoms with van der Waals surface area (Å²) in [5.74, 6) is 0.185. The van der Waals surface area contributed by atoms with Crippen molar-refractivity contribution < 1.29 is 22.3 Å². The van der Waals surface area contributed by atoms with Crippen LogP contribution in [0, 0.1) is 0 Å². The fourth-order valence-corrected chi connectivity index (χ4v) is 2.96. The minimum atomic E-state index is -2.92. The summed E-state index contributed by atoms with van der Waals surface area (Å²) in [7, 11) is -2.92. The largest absolute Gasteiger partial charge is 0.386 e. The molecule has 0 bridgehead atoms. The van der Waals surface area contributed by atoms with Gasteiger partial charge in [-0.15, -0.1) is 0 Å². The normalized spacial score (nSPS) is 24.3. The van der Waals surface area contributed by atoms with Gasteiger partial charge in [-0.25, -0.2) is 17.2 Å². The predicted molar refractivity (Wildman–Crippen MR) is 51.7 cm³/mol. The zero-order chi connectivity index (χ0) is 11.5. The number of aliphatic hydroxyl groups is 1. The Kier molecular flexibility index (Phi) is 4.42. The summed E-state index contributed by atoms with van der Waals surface area (Å²) < 4.78 is 45.9. The summed E-state index contributed by atoms with van der Waals surface area (Å²) in [6.07, 6.45) is -3.58. The van der Waals surface area contributed by atoms with Gasteiger partial charge in [-0.2, -0.15) is 0 Å². The molecule has 0 aromatic carbocycles. The minimum absolute atomic E-state index is 0.0816. The van der Waals surface area contributed by atoms with E-state index in [1.54, 1.807) is 0 Å². The first kappa shape index (κ1) is 12.8. The predicted octanol–water partition coefficient (Wildman–Crippen LogP) is -0.221. The maximum atomic E-state index is 11.9. The fraction of sp³-hybridized carbons (Fsp3) is 1.00. The van der Waals surface area contributed by atoms with Gasteiger partial charge < -0.3 is 10.4 Å². The molecular formula is C8H15F2NO3S. The van der Waals surface area contributed by atoms with E-state index in [2.05, 4.69) is 5.32 Å². The van der Waals surface area contributed by atoms with E-state index in [-0.39, 0.29) is 24.1 Å². The van der Waals surface area contributed by atoms with E-state index in [9.17, 15) is 17.2 Å². The second kappa shape index (κ2) is 5.18.